The maximum Gasteiger partial charge on any atom is 0.0557 e. The molecule has 1 nitrogen and oxygen atoms in total. The van der Waals surface area contributed by atoms with Gasteiger partial charge in [0, 0.05) is 5.38 Å². The summed E-state index contributed by atoms with van der Waals surface area (Å²) in [6.45, 7) is 8.90. The topological polar surface area (TPSA) is 20.2 Å². The zero-order valence-corrected chi connectivity index (χ0v) is 9.80. The number of alkyl halides is 1. The summed E-state index contributed by atoms with van der Waals surface area (Å²) in [6.07, 6.45) is 1.48. The fourth-order valence-electron chi connectivity index (χ4n) is 2.47. The van der Waals surface area contributed by atoms with Crippen LogP contribution in [0.25, 0.3) is 0 Å². The van der Waals surface area contributed by atoms with Crippen LogP contribution < -0.4 is 0 Å². The minimum Gasteiger partial charge on any atom is -0.393 e. The summed E-state index contributed by atoms with van der Waals surface area (Å²) in [4.78, 5) is 0. The molecule has 1 fully saturated rings. The van der Waals surface area contributed by atoms with Crippen LogP contribution in [0.15, 0.2) is 0 Å². The molecule has 1 aliphatic carbocycles. The Bertz CT molecular complexity index is 173. The highest BCUT2D eigenvalue weighted by atomic mass is 35.5. The molecule has 0 radical (unpaired) electrons. The summed E-state index contributed by atoms with van der Waals surface area (Å²) in [5.41, 5.74) is 0.258. The van der Waals surface area contributed by atoms with Gasteiger partial charge in [-0.05, 0) is 30.1 Å². The zero-order valence-electron chi connectivity index (χ0n) is 9.05. The fourth-order valence-corrected chi connectivity index (χ4v) is 2.85. The van der Waals surface area contributed by atoms with Crippen molar-refractivity contribution in [1.29, 1.82) is 0 Å². The molecular weight excluding hydrogens is 184 g/mol. The smallest absolute Gasteiger partial charge is 0.0557 e. The Morgan fingerprint density at radius 1 is 1.23 bits per heavy atom. The van der Waals surface area contributed by atoms with E-state index in [0.29, 0.717) is 11.8 Å². The van der Waals surface area contributed by atoms with E-state index in [4.69, 9.17) is 11.6 Å². The van der Waals surface area contributed by atoms with Crippen molar-refractivity contribution in [3.05, 3.63) is 0 Å². The Kier molecular flexibility index (Phi) is 3.29. The highest BCUT2D eigenvalue weighted by Crippen LogP contribution is 2.43. The highest BCUT2D eigenvalue weighted by Gasteiger charge is 2.39. The van der Waals surface area contributed by atoms with Gasteiger partial charge in [-0.2, -0.15) is 0 Å². The third-order valence-corrected chi connectivity index (χ3v) is 3.92. The van der Waals surface area contributed by atoms with Gasteiger partial charge in [-0.15, -0.1) is 11.6 Å². The van der Waals surface area contributed by atoms with E-state index in [9.17, 15) is 5.11 Å². The molecule has 0 heterocycles. The van der Waals surface area contributed by atoms with Gasteiger partial charge < -0.3 is 5.11 Å². The number of hydrogen-bond donors (Lipinski definition) is 1. The van der Waals surface area contributed by atoms with Gasteiger partial charge in [-0.1, -0.05) is 27.7 Å². The largest absolute Gasteiger partial charge is 0.393 e. The van der Waals surface area contributed by atoms with E-state index in [-0.39, 0.29) is 16.9 Å². The van der Waals surface area contributed by atoms with Crippen molar-refractivity contribution < 1.29 is 5.11 Å². The van der Waals surface area contributed by atoms with Gasteiger partial charge in [0.2, 0.25) is 0 Å². The lowest BCUT2D eigenvalue weighted by Gasteiger charge is -2.43. The zero-order chi connectivity index (χ0) is 10.2. The summed E-state index contributed by atoms with van der Waals surface area (Å²) in [5, 5.41) is 9.79. The lowest BCUT2D eigenvalue weighted by molar-refractivity contribution is 0.0278. The molecule has 1 aliphatic rings. The standard InChI is InChI=1S/C11H21ClO/c1-7-9(11(2,3)4)5-8(13)6-10(7)12/h7-10,13H,5-6H2,1-4H3. The molecule has 1 rings (SSSR count). The lowest BCUT2D eigenvalue weighted by Crippen LogP contribution is -2.40. The molecular formula is C11H21ClO. The minimum atomic E-state index is -0.192. The lowest BCUT2D eigenvalue weighted by atomic mass is 9.66. The van der Waals surface area contributed by atoms with Gasteiger partial charge in [0.25, 0.3) is 0 Å². The van der Waals surface area contributed by atoms with Crippen LogP contribution in [0.5, 0.6) is 0 Å². The van der Waals surface area contributed by atoms with Gasteiger partial charge in [0.1, 0.15) is 0 Å². The van der Waals surface area contributed by atoms with Gasteiger partial charge in [0.15, 0.2) is 0 Å². The van der Waals surface area contributed by atoms with E-state index in [1.54, 1.807) is 0 Å². The molecule has 4 unspecified atom stereocenters. The Balaban J connectivity index is 2.72. The van der Waals surface area contributed by atoms with Gasteiger partial charge in [-0.3, -0.25) is 0 Å². The summed E-state index contributed by atoms with van der Waals surface area (Å²) in [5.74, 6) is 1.06. The molecule has 78 valence electrons. The summed E-state index contributed by atoms with van der Waals surface area (Å²) in [6, 6.07) is 0. The average Bonchev–Trinajstić information content (AvgIpc) is 1.94. The van der Waals surface area contributed by atoms with Crippen LogP contribution in [0.4, 0.5) is 0 Å². The van der Waals surface area contributed by atoms with E-state index in [1.807, 2.05) is 0 Å². The second-order valence-electron chi connectivity index (χ2n) is 5.47. The molecule has 0 bridgehead atoms. The Morgan fingerprint density at radius 3 is 2.23 bits per heavy atom. The van der Waals surface area contributed by atoms with E-state index >= 15 is 0 Å². The third-order valence-electron chi connectivity index (χ3n) is 3.34. The molecule has 2 heteroatoms. The highest BCUT2D eigenvalue weighted by molar-refractivity contribution is 6.20. The van der Waals surface area contributed by atoms with E-state index < -0.39 is 0 Å². The fraction of sp³-hybridized carbons (Fsp3) is 1.00. The maximum atomic E-state index is 9.65. The van der Waals surface area contributed by atoms with Crippen molar-refractivity contribution in [2.75, 3.05) is 0 Å². The number of aliphatic hydroxyl groups excluding tert-OH is 1. The predicted molar refractivity (Wildman–Crippen MR) is 57.0 cm³/mol. The van der Waals surface area contributed by atoms with Crippen molar-refractivity contribution in [2.45, 2.75) is 52.0 Å². The van der Waals surface area contributed by atoms with E-state index in [1.165, 1.54) is 0 Å². The van der Waals surface area contributed by atoms with Crippen LogP contribution in [0.2, 0.25) is 0 Å². The molecule has 0 aliphatic heterocycles. The molecule has 1 saturated carbocycles. The molecule has 0 amide bonds. The van der Waals surface area contributed by atoms with E-state index in [0.717, 1.165) is 12.8 Å². The number of halogens is 1. The first-order valence-corrected chi connectivity index (χ1v) is 5.58. The predicted octanol–water partition coefficient (Wildman–Crippen LogP) is 3.05. The molecule has 4 atom stereocenters. The van der Waals surface area contributed by atoms with Crippen molar-refractivity contribution in [3.63, 3.8) is 0 Å². The molecule has 0 saturated heterocycles. The van der Waals surface area contributed by atoms with E-state index in [2.05, 4.69) is 27.7 Å². The first-order valence-electron chi connectivity index (χ1n) is 5.14. The summed E-state index contributed by atoms with van der Waals surface area (Å²) >= 11 is 6.20. The molecule has 0 aromatic rings. The van der Waals surface area contributed by atoms with Crippen LogP contribution in [-0.2, 0) is 0 Å². The van der Waals surface area contributed by atoms with Crippen molar-refractivity contribution in [2.24, 2.45) is 17.3 Å². The Morgan fingerprint density at radius 2 is 1.77 bits per heavy atom. The van der Waals surface area contributed by atoms with Crippen molar-refractivity contribution in [3.8, 4) is 0 Å². The van der Waals surface area contributed by atoms with Crippen LogP contribution in [-0.4, -0.2) is 16.6 Å². The van der Waals surface area contributed by atoms with Crippen molar-refractivity contribution >= 4 is 11.6 Å². The van der Waals surface area contributed by atoms with Gasteiger partial charge in [0.05, 0.1) is 6.10 Å². The Labute approximate surface area is 86.5 Å². The molecule has 1 N–H and O–H groups in total. The second kappa shape index (κ2) is 3.78. The average molecular weight is 205 g/mol. The quantitative estimate of drug-likeness (QED) is 0.602. The summed E-state index contributed by atoms with van der Waals surface area (Å²) < 4.78 is 0. The summed E-state index contributed by atoms with van der Waals surface area (Å²) in [7, 11) is 0. The normalized spacial score (nSPS) is 42.0. The number of aliphatic hydroxyl groups is 1. The van der Waals surface area contributed by atoms with Gasteiger partial charge >= 0.3 is 0 Å². The minimum absolute atomic E-state index is 0.146. The van der Waals surface area contributed by atoms with Crippen LogP contribution >= 0.6 is 11.6 Å². The maximum absolute atomic E-state index is 9.65. The molecule has 0 aromatic carbocycles. The van der Waals surface area contributed by atoms with Gasteiger partial charge in [-0.25, -0.2) is 0 Å². The first-order chi connectivity index (χ1) is 5.82. The number of hydrogen-bond acceptors (Lipinski definition) is 1. The monoisotopic (exact) mass is 204 g/mol. The van der Waals surface area contributed by atoms with Crippen LogP contribution in [0.1, 0.15) is 40.5 Å². The SMILES string of the molecule is CC1C(Cl)CC(O)CC1C(C)(C)C. The molecule has 0 spiro atoms. The third kappa shape index (κ3) is 2.60. The first kappa shape index (κ1) is 11.3. The van der Waals surface area contributed by atoms with Crippen LogP contribution in [0.3, 0.4) is 0 Å². The van der Waals surface area contributed by atoms with Crippen molar-refractivity contribution in [1.82, 2.24) is 0 Å². The van der Waals surface area contributed by atoms with Crippen LogP contribution in [0, 0.1) is 17.3 Å². The Hall–Kier alpha value is 0.250. The number of rotatable bonds is 0. The molecule has 13 heavy (non-hydrogen) atoms. The molecule has 0 aromatic heterocycles. The second-order valence-corrected chi connectivity index (χ2v) is 6.03.